The summed E-state index contributed by atoms with van der Waals surface area (Å²) in [4.78, 5) is 17.2. The molecule has 5 nitrogen and oxygen atoms in total. The fraction of sp³-hybridized carbons (Fsp3) is 0.364. The molecule has 0 spiro atoms. The average molecular weight is 463 g/mol. The monoisotopic (exact) mass is 462 g/mol. The molecule has 0 radical (unpaired) electrons. The molecule has 2 aromatic rings. The summed E-state index contributed by atoms with van der Waals surface area (Å²) in [5.74, 6) is 0.485. The molecule has 0 aromatic heterocycles. The molecule has 1 aliphatic heterocycles. The molecule has 1 amide bonds. The zero-order valence-electron chi connectivity index (χ0n) is 17.0. The number of sulfone groups is 1. The first-order valence-corrected chi connectivity index (χ1v) is 13.1. The Morgan fingerprint density at radius 1 is 1.00 bits per heavy atom. The molecular formula is C22H26N2O3S3. The molecule has 2 aromatic carbocycles. The highest BCUT2D eigenvalue weighted by atomic mass is 32.2. The fourth-order valence-corrected chi connectivity index (χ4v) is 5.04. The Hall–Kier alpha value is -1.74. The third kappa shape index (κ3) is 6.63. The molecule has 0 aliphatic carbocycles. The van der Waals surface area contributed by atoms with Gasteiger partial charge in [-0.25, -0.2) is 8.42 Å². The summed E-state index contributed by atoms with van der Waals surface area (Å²) in [5, 5.41) is 0. The Labute approximate surface area is 188 Å². The summed E-state index contributed by atoms with van der Waals surface area (Å²) in [6.07, 6.45) is 2.13. The Balaban J connectivity index is 1.48. The fourth-order valence-electron chi connectivity index (χ4n) is 3.35. The molecule has 160 valence electrons. The summed E-state index contributed by atoms with van der Waals surface area (Å²) in [5.41, 5.74) is 2.06. The summed E-state index contributed by atoms with van der Waals surface area (Å²) < 4.78 is 23.9. The van der Waals surface area contributed by atoms with E-state index >= 15 is 0 Å². The molecule has 8 heteroatoms. The maximum atomic E-state index is 12.7. The van der Waals surface area contributed by atoms with Crippen molar-refractivity contribution < 1.29 is 13.2 Å². The Bertz CT molecular complexity index is 976. The first-order chi connectivity index (χ1) is 14.3. The van der Waals surface area contributed by atoms with Gasteiger partial charge < -0.3 is 4.90 Å². The van der Waals surface area contributed by atoms with Gasteiger partial charge in [0.25, 0.3) is 0 Å². The van der Waals surface area contributed by atoms with Crippen molar-refractivity contribution in [3.05, 3.63) is 65.7 Å². The predicted octanol–water partition coefficient (Wildman–Crippen LogP) is 3.23. The van der Waals surface area contributed by atoms with E-state index in [0.29, 0.717) is 17.2 Å². The molecule has 1 saturated heterocycles. The lowest BCUT2D eigenvalue weighted by molar-refractivity contribution is -0.128. The van der Waals surface area contributed by atoms with Gasteiger partial charge in [-0.05, 0) is 29.7 Å². The molecule has 0 N–H and O–H groups in total. The van der Waals surface area contributed by atoms with Gasteiger partial charge in [-0.2, -0.15) is 0 Å². The van der Waals surface area contributed by atoms with E-state index in [1.165, 1.54) is 18.0 Å². The quantitative estimate of drug-likeness (QED) is 0.615. The molecule has 1 heterocycles. The van der Waals surface area contributed by atoms with Gasteiger partial charge in [0.05, 0.1) is 14.8 Å². The minimum absolute atomic E-state index is 0.123. The van der Waals surface area contributed by atoms with Crippen LogP contribution in [-0.2, 0) is 21.2 Å². The lowest BCUT2D eigenvalue weighted by Gasteiger charge is -2.22. The molecule has 0 bridgehead atoms. The van der Waals surface area contributed by atoms with Crippen molar-refractivity contribution in [2.45, 2.75) is 17.9 Å². The van der Waals surface area contributed by atoms with E-state index in [1.54, 1.807) is 12.1 Å². The normalized spacial score (nSPS) is 15.6. The van der Waals surface area contributed by atoms with E-state index in [1.807, 2.05) is 47.4 Å². The van der Waals surface area contributed by atoms with Crippen molar-refractivity contribution in [2.75, 3.05) is 38.2 Å². The molecular weight excluding hydrogens is 436 g/mol. The van der Waals surface area contributed by atoms with Crippen LogP contribution < -0.4 is 0 Å². The Morgan fingerprint density at radius 2 is 1.70 bits per heavy atom. The number of carbonyl (C=O) groups excluding carboxylic acids is 1. The number of carbonyl (C=O) groups is 1. The van der Waals surface area contributed by atoms with Gasteiger partial charge in [0.2, 0.25) is 5.91 Å². The third-order valence-electron chi connectivity index (χ3n) is 5.04. The van der Waals surface area contributed by atoms with Gasteiger partial charge in [-0.1, -0.05) is 54.7 Å². The van der Waals surface area contributed by atoms with Crippen molar-refractivity contribution in [1.82, 2.24) is 9.80 Å². The zero-order valence-corrected chi connectivity index (χ0v) is 19.4. The number of thioether (sulfide) groups is 1. The minimum atomic E-state index is -3.17. The van der Waals surface area contributed by atoms with Crippen molar-refractivity contribution >= 4 is 43.9 Å². The smallest absolute Gasteiger partial charge is 0.233 e. The maximum Gasteiger partial charge on any atom is 0.233 e. The highest BCUT2D eigenvalue weighted by molar-refractivity contribution is 8.24. The van der Waals surface area contributed by atoms with Crippen LogP contribution in [0, 0.1) is 0 Å². The molecule has 1 aliphatic rings. The van der Waals surface area contributed by atoms with Gasteiger partial charge in [0.15, 0.2) is 9.84 Å². The standard InChI is InChI=1S/C22H26N2O3S3/c1-30(26,27)20-10-8-18(9-11-20)16-23-12-5-13-24(15-14-23)21(25)17-29-22(28)19-6-3-2-4-7-19/h2-4,6-11H,5,12-17H2,1H3. The highest BCUT2D eigenvalue weighted by Gasteiger charge is 2.20. The van der Waals surface area contributed by atoms with Crippen molar-refractivity contribution in [3.63, 3.8) is 0 Å². The van der Waals surface area contributed by atoms with E-state index < -0.39 is 9.84 Å². The van der Waals surface area contributed by atoms with Crippen LogP contribution in [0.25, 0.3) is 0 Å². The number of hydrogen-bond acceptors (Lipinski definition) is 6. The van der Waals surface area contributed by atoms with Crippen LogP contribution in [0.2, 0.25) is 0 Å². The van der Waals surface area contributed by atoms with E-state index in [9.17, 15) is 13.2 Å². The van der Waals surface area contributed by atoms with E-state index in [-0.39, 0.29) is 5.91 Å². The molecule has 1 fully saturated rings. The Kier molecular flexibility index (Phi) is 8.05. The number of hydrogen-bond donors (Lipinski definition) is 0. The van der Waals surface area contributed by atoms with Crippen LogP contribution in [0.4, 0.5) is 0 Å². The van der Waals surface area contributed by atoms with Crippen LogP contribution in [0.1, 0.15) is 17.5 Å². The predicted molar refractivity (Wildman–Crippen MR) is 127 cm³/mol. The average Bonchev–Trinajstić information content (AvgIpc) is 2.98. The maximum absolute atomic E-state index is 12.7. The Morgan fingerprint density at radius 3 is 2.37 bits per heavy atom. The summed E-state index contributed by atoms with van der Waals surface area (Å²) in [6.45, 7) is 3.90. The second-order valence-corrected chi connectivity index (χ2v) is 11.0. The van der Waals surface area contributed by atoms with E-state index in [4.69, 9.17) is 12.2 Å². The lowest BCUT2D eigenvalue weighted by Crippen LogP contribution is -2.36. The zero-order chi connectivity index (χ0) is 21.6. The molecule has 0 unspecified atom stereocenters. The van der Waals surface area contributed by atoms with Crippen molar-refractivity contribution in [3.8, 4) is 0 Å². The number of benzene rings is 2. The number of amides is 1. The van der Waals surface area contributed by atoms with Crippen LogP contribution in [0.3, 0.4) is 0 Å². The first kappa shape index (κ1) is 22.9. The van der Waals surface area contributed by atoms with Gasteiger partial charge in [0, 0.05) is 39.0 Å². The molecule has 0 saturated carbocycles. The number of thiocarbonyl (C=S) groups is 1. The van der Waals surface area contributed by atoms with Crippen LogP contribution in [-0.4, -0.2) is 66.5 Å². The molecule has 0 atom stereocenters. The lowest BCUT2D eigenvalue weighted by atomic mass is 10.2. The minimum Gasteiger partial charge on any atom is -0.341 e. The summed E-state index contributed by atoms with van der Waals surface area (Å²) >= 11 is 6.86. The third-order valence-corrected chi connectivity index (χ3v) is 7.64. The van der Waals surface area contributed by atoms with Crippen molar-refractivity contribution in [1.29, 1.82) is 0 Å². The second kappa shape index (κ2) is 10.5. The highest BCUT2D eigenvalue weighted by Crippen LogP contribution is 2.16. The van der Waals surface area contributed by atoms with Crippen LogP contribution in [0.5, 0.6) is 0 Å². The summed E-state index contributed by atoms with van der Waals surface area (Å²) in [6, 6.07) is 16.8. The molecule has 3 rings (SSSR count). The molecule has 30 heavy (non-hydrogen) atoms. The van der Waals surface area contributed by atoms with Crippen LogP contribution in [0.15, 0.2) is 59.5 Å². The SMILES string of the molecule is CS(=O)(=O)c1ccc(CN2CCCN(C(=O)CSC(=S)c3ccccc3)CC2)cc1. The number of nitrogens with zero attached hydrogens (tertiary/aromatic N) is 2. The largest absolute Gasteiger partial charge is 0.341 e. The van der Waals surface area contributed by atoms with Crippen molar-refractivity contribution in [2.24, 2.45) is 0 Å². The van der Waals surface area contributed by atoms with Crippen LogP contribution >= 0.6 is 24.0 Å². The first-order valence-electron chi connectivity index (χ1n) is 9.84. The van der Waals surface area contributed by atoms with Gasteiger partial charge in [-0.3, -0.25) is 9.69 Å². The topological polar surface area (TPSA) is 57.7 Å². The second-order valence-electron chi connectivity index (χ2n) is 7.37. The van der Waals surface area contributed by atoms with Gasteiger partial charge in [-0.15, -0.1) is 11.8 Å². The van der Waals surface area contributed by atoms with Gasteiger partial charge in [0.1, 0.15) is 0 Å². The van der Waals surface area contributed by atoms with E-state index in [0.717, 1.165) is 47.9 Å². The van der Waals surface area contributed by atoms with E-state index in [2.05, 4.69) is 4.90 Å². The van der Waals surface area contributed by atoms with Gasteiger partial charge >= 0.3 is 0 Å². The summed E-state index contributed by atoms with van der Waals surface area (Å²) in [7, 11) is -3.17. The number of rotatable bonds is 6.